The van der Waals surface area contributed by atoms with Crippen LogP contribution in [0, 0.1) is 0 Å². The molecule has 1 aromatic heterocycles. The van der Waals surface area contributed by atoms with Gasteiger partial charge in [-0.1, -0.05) is 6.07 Å². The lowest BCUT2D eigenvalue weighted by atomic mass is 10.0. The topological polar surface area (TPSA) is 51.4 Å². The third-order valence-corrected chi connectivity index (χ3v) is 3.27. The lowest BCUT2D eigenvalue weighted by molar-refractivity contribution is -0.0277. The van der Waals surface area contributed by atoms with Gasteiger partial charge in [-0.15, -0.1) is 0 Å². The number of nitrogens with zero attached hydrogens (tertiary/aromatic N) is 2. The van der Waals surface area contributed by atoms with Gasteiger partial charge in [0, 0.05) is 24.8 Å². The van der Waals surface area contributed by atoms with Gasteiger partial charge in [-0.3, -0.25) is 9.88 Å². The molecule has 1 fully saturated rings. The highest BCUT2D eigenvalue weighted by Gasteiger charge is 2.30. The van der Waals surface area contributed by atoms with Crippen molar-refractivity contribution in [1.82, 2.24) is 9.88 Å². The highest BCUT2D eigenvalue weighted by Crippen LogP contribution is 2.25. The van der Waals surface area contributed by atoms with Crippen LogP contribution in [0.3, 0.4) is 0 Å². The Morgan fingerprint density at radius 1 is 1.53 bits per heavy atom. The molecule has 3 atom stereocenters. The van der Waals surface area contributed by atoms with Gasteiger partial charge in [-0.25, -0.2) is 0 Å². The first-order valence-electron chi connectivity index (χ1n) is 6.20. The molecule has 0 aromatic carbocycles. The standard InChI is InChI=1S/C13H21N3O/c1-10-9-17-8-7-16(10)13(11(2)14)12-5-3-4-6-15-12/h3-6,10-11,13H,7-9,14H2,1-2H3. The van der Waals surface area contributed by atoms with Crippen molar-refractivity contribution >= 4 is 0 Å². The van der Waals surface area contributed by atoms with Crippen LogP contribution in [0.15, 0.2) is 24.4 Å². The average Bonchev–Trinajstić information content (AvgIpc) is 2.33. The van der Waals surface area contributed by atoms with E-state index in [-0.39, 0.29) is 12.1 Å². The lowest BCUT2D eigenvalue weighted by Gasteiger charge is -2.40. The largest absolute Gasteiger partial charge is 0.379 e. The normalized spacial score (nSPS) is 25.5. The minimum absolute atomic E-state index is 0.0606. The molecule has 4 heteroatoms. The Bertz CT molecular complexity index is 342. The molecule has 1 saturated heterocycles. The van der Waals surface area contributed by atoms with Gasteiger partial charge in [0.2, 0.25) is 0 Å². The summed E-state index contributed by atoms with van der Waals surface area (Å²) in [6.07, 6.45) is 1.83. The fraction of sp³-hybridized carbons (Fsp3) is 0.615. The third-order valence-electron chi connectivity index (χ3n) is 3.27. The van der Waals surface area contributed by atoms with E-state index in [1.54, 1.807) is 0 Å². The molecule has 0 spiro atoms. The number of ether oxygens (including phenoxy) is 1. The molecular weight excluding hydrogens is 214 g/mol. The quantitative estimate of drug-likeness (QED) is 0.855. The van der Waals surface area contributed by atoms with Gasteiger partial charge in [-0.05, 0) is 26.0 Å². The zero-order chi connectivity index (χ0) is 12.3. The Labute approximate surface area is 103 Å². The van der Waals surface area contributed by atoms with Gasteiger partial charge in [-0.2, -0.15) is 0 Å². The van der Waals surface area contributed by atoms with E-state index in [1.165, 1.54) is 0 Å². The van der Waals surface area contributed by atoms with Gasteiger partial charge in [0.15, 0.2) is 0 Å². The van der Waals surface area contributed by atoms with Crippen molar-refractivity contribution in [2.24, 2.45) is 5.73 Å². The minimum Gasteiger partial charge on any atom is -0.379 e. The fourth-order valence-corrected chi connectivity index (χ4v) is 2.45. The van der Waals surface area contributed by atoms with Crippen LogP contribution in [0.25, 0.3) is 0 Å². The van der Waals surface area contributed by atoms with Crippen LogP contribution >= 0.6 is 0 Å². The average molecular weight is 235 g/mol. The highest BCUT2D eigenvalue weighted by molar-refractivity contribution is 5.11. The second-order valence-electron chi connectivity index (χ2n) is 4.72. The van der Waals surface area contributed by atoms with Crippen molar-refractivity contribution in [2.45, 2.75) is 32.0 Å². The van der Waals surface area contributed by atoms with Crippen LogP contribution in [0.1, 0.15) is 25.6 Å². The van der Waals surface area contributed by atoms with Crippen LogP contribution in [-0.4, -0.2) is 41.7 Å². The first kappa shape index (κ1) is 12.5. The smallest absolute Gasteiger partial charge is 0.0674 e. The maximum atomic E-state index is 6.14. The summed E-state index contributed by atoms with van der Waals surface area (Å²) in [6.45, 7) is 6.69. The molecule has 0 saturated carbocycles. The molecule has 2 rings (SSSR count). The van der Waals surface area contributed by atoms with Crippen LogP contribution in [-0.2, 0) is 4.74 Å². The molecule has 0 aliphatic carbocycles. The van der Waals surface area contributed by atoms with Crippen LogP contribution in [0.4, 0.5) is 0 Å². The van der Waals surface area contributed by atoms with Crippen molar-refractivity contribution in [3.8, 4) is 0 Å². The summed E-state index contributed by atoms with van der Waals surface area (Å²) in [5, 5.41) is 0. The Hall–Kier alpha value is -0.970. The monoisotopic (exact) mass is 235 g/mol. The fourth-order valence-electron chi connectivity index (χ4n) is 2.45. The van der Waals surface area contributed by atoms with Crippen LogP contribution in [0.5, 0.6) is 0 Å². The van der Waals surface area contributed by atoms with E-state index in [0.29, 0.717) is 6.04 Å². The number of hydrogen-bond acceptors (Lipinski definition) is 4. The Morgan fingerprint density at radius 3 is 2.94 bits per heavy atom. The Balaban J connectivity index is 2.22. The molecule has 0 radical (unpaired) electrons. The van der Waals surface area contributed by atoms with Gasteiger partial charge in [0.25, 0.3) is 0 Å². The number of pyridine rings is 1. The summed E-state index contributed by atoms with van der Waals surface area (Å²) >= 11 is 0. The van der Waals surface area contributed by atoms with Crippen molar-refractivity contribution in [3.05, 3.63) is 30.1 Å². The molecule has 2 heterocycles. The number of aromatic nitrogens is 1. The maximum absolute atomic E-state index is 6.14. The molecule has 94 valence electrons. The highest BCUT2D eigenvalue weighted by atomic mass is 16.5. The molecule has 1 aliphatic heterocycles. The van der Waals surface area contributed by atoms with E-state index in [0.717, 1.165) is 25.5 Å². The molecule has 1 aromatic rings. The zero-order valence-corrected chi connectivity index (χ0v) is 10.5. The van der Waals surface area contributed by atoms with Gasteiger partial charge < -0.3 is 10.5 Å². The molecule has 0 bridgehead atoms. The number of hydrogen-bond donors (Lipinski definition) is 1. The van der Waals surface area contributed by atoms with Crippen molar-refractivity contribution in [3.63, 3.8) is 0 Å². The molecule has 0 amide bonds. The lowest BCUT2D eigenvalue weighted by Crippen LogP contribution is -2.50. The van der Waals surface area contributed by atoms with Crippen molar-refractivity contribution in [2.75, 3.05) is 19.8 Å². The predicted octanol–water partition coefficient (Wildman–Crippen LogP) is 1.19. The first-order chi connectivity index (χ1) is 8.20. The van der Waals surface area contributed by atoms with E-state index in [9.17, 15) is 0 Å². The van der Waals surface area contributed by atoms with Crippen molar-refractivity contribution < 1.29 is 4.74 Å². The van der Waals surface area contributed by atoms with E-state index in [2.05, 4.69) is 22.9 Å². The second kappa shape index (κ2) is 5.58. The molecule has 4 nitrogen and oxygen atoms in total. The predicted molar refractivity (Wildman–Crippen MR) is 67.6 cm³/mol. The van der Waals surface area contributed by atoms with E-state index < -0.39 is 0 Å². The summed E-state index contributed by atoms with van der Waals surface area (Å²) in [4.78, 5) is 6.85. The van der Waals surface area contributed by atoms with Crippen molar-refractivity contribution in [1.29, 1.82) is 0 Å². The van der Waals surface area contributed by atoms with Gasteiger partial charge in [0.1, 0.15) is 0 Å². The summed E-state index contributed by atoms with van der Waals surface area (Å²) < 4.78 is 5.47. The molecule has 17 heavy (non-hydrogen) atoms. The number of nitrogens with two attached hydrogens (primary N) is 1. The number of morpholine rings is 1. The minimum atomic E-state index is 0.0606. The second-order valence-corrected chi connectivity index (χ2v) is 4.72. The Kier molecular flexibility index (Phi) is 4.10. The summed E-state index contributed by atoms with van der Waals surface area (Å²) in [5.74, 6) is 0. The molecular formula is C13H21N3O. The van der Waals surface area contributed by atoms with E-state index in [4.69, 9.17) is 10.5 Å². The SMILES string of the molecule is CC(N)C(c1ccccn1)N1CCOCC1C. The first-order valence-corrected chi connectivity index (χ1v) is 6.20. The summed E-state index contributed by atoms with van der Waals surface area (Å²) in [5.41, 5.74) is 7.19. The Morgan fingerprint density at radius 2 is 2.35 bits per heavy atom. The van der Waals surface area contributed by atoms with E-state index in [1.807, 2.05) is 25.3 Å². The summed E-state index contributed by atoms with van der Waals surface area (Å²) in [7, 11) is 0. The molecule has 1 aliphatic rings. The van der Waals surface area contributed by atoms with Crippen LogP contribution < -0.4 is 5.73 Å². The van der Waals surface area contributed by atoms with E-state index >= 15 is 0 Å². The zero-order valence-electron chi connectivity index (χ0n) is 10.5. The van der Waals surface area contributed by atoms with Gasteiger partial charge in [0.05, 0.1) is 24.9 Å². The molecule has 2 N–H and O–H groups in total. The summed E-state index contributed by atoms with van der Waals surface area (Å²) in [6, 6.07) is 6.63. The maximum Gasteiger partial charge on any atom is 0.0674 e. The van der Waals surface area contributed by atoms with Gasteiger partial charge >= 0.3 is 0 Å². The number of rotatable bonds is 3. The molecule has 3 unspecified atom stereocenters. The van der Waals surface area contributed by atoms with Crippen LogP contribution in [0.2, 0.25) is 0 Å². The third kappa shape index (κ3) is 2.83.